The van der Waals surface area contributed by atoms with Crippen molar-refractivity contribution in [3.05, 3.63) is 83.4 Å². The Kier molecular flexibility index (Phi) is 3.75. The van der Waals surface area contributed by atoms with Gasteiger partial charge in [-0.05, 0) is 25.1 Å². The van der Waals surface area contributed by atoms with Crippen LogP contribution in [0.2, 0.25) is 5.02 Å². The quantitative estimate of drug-likeness (QED) is 0.455. The van der Waals surface area contributed by atoms with E-state index in [4.69, 9.17) is 21.6 Å². The summed E-state index contributed by atoms with van der Waals surface area (Å²) in [6.07, 6.45) is 0. The largest absolute Gasteiger partial charge is 0.228 e. The van der Waals surface area contributed by atoms with Crippen LogP contribution in [0.5, 0.6) is 0 Å². The second kappa shape index (κ2) is 6.06. The molecule has 0 bridgehead atoms. The van der Waals surface area contributed by atoms with Crippen LogP contribution < -0.4 is 0 Å². The normalized spacial score (nSPS) is 10.9. The molecule has 4 rings (SSSR count). The third-order valence-electron chi connectivity index (χ3n) is 4.01. The fraction of sp³-hybridized carbons (Fsp3) is 0.0476. The molecule has 0 radical (unpaired) electrons. The molecule has 24 heavy (non-hydrogen) atoms. The van der Waals surface area contributed by atoms with Crippen LogP contribution >= 0.6 is 11.6 Å². The van der Waals surface area contributed by atoms with Crippen LogP contribution in [-0.4, -0.2) is 9.97 Å². The standard InChI is InChI=1S/C21H15ClN2/c1-14-7-9-16(10-8-14)21-23-19-12-11-17(22)13-18(19)20(24-21)15-5-3-2-4-6-15/h2-13H,1H3. The molecule has 0 saturated heterocycles. The Morgan fingerprint density at radius 2 is 1.50 bits per heavy atom. The Labute approximate surface area is 145 Å². The molecule has 4 aromatic rings. The zero-order chi connectivity index (χ0) is 16.5. The van der Waals surface area contributed by atoms with Crippen molar-refractivity contribution in [3.8, 4) is 22.6 Å². The lowest BCUT2D eigenvalue weighted by molar-refractivity contribution is 1.23. The van der Waals surface area contributed by atoms with Gasteiger partial charge in [0.1, 0.15) is 0 Å². The lowest BCUT2D eigenvalue weighted by Crippen LogP contribution is -1.95. The molecule has 0 atom stereocenters. The van der Waals surface area contributed by atoms with Crippen molar-refractivity contribution in [2.24, 2.45) is 0 Å². The molecular formula is C21H15ClN2. The van der Waals surface area contributed by atoms with Crippen molar-refractivity contribution in [1.29, 1.82) is 0 Å². The van der Waals surface area contributed by atoms with Gasteiger partial charge in [-0.1, -0.05) is 71.8 Å². The predicted octanol–water partition coefficient (Wildman–Crippen LogP) is 5.93. The molecular weight excluding hydrogens is 316 g/mol. The first kappa shape index (κ1) is 14.9. The van der Waals surface area contributed by atoms with Crippen LogP contribution in [0, 0.1) is 6.92 Å². The van der Waals surface area contributed by atoms with Gasteiger partial charge in [0.25, 0.3) is 0 Å². The maximum atomic E-state index is 6.20. The number of hydrogen-bond acceptors (Lipinski definition) is 2. The SMILES string of the molecule is Cc1ccc(-c2nc(-c3ccccc3)c3cc(Cl)ccc3n2)cc1. The molecule has 3 aromatic carbocycles. The molecule has 3 heteroatoms. The fourth-order valence-electron chi connectivity index (χ4n) is 2.75. The maximum absolute atomic E-state index is 6.20. The second-order valence-corrected chi connectivity index (χ2v) is 6.23. The fourth-order valence-corrected chi connectivity index (χ4v) is 2.92. The minimum Gasteiger partial charge on any atom is -0.228 e. The molecule has 1 heterocycles. The average molecular weight is 331 g/mol. The van der Waals surface area contributed by atoms with Gasteiger partial charge < -0.3 is 0 Å². The van der Waals surface area contributed by atoms with Crippen LogP contribution in [0.15, 0.2) is 72.8 Å². The Morgan fingerprint density at radius 3 is 2.25 bits per heavy atom. The molecule has 0 spiro atoms. The van der Waals surface area contributed by atoms with Gasteiger partial charge in [-0.15, -0.1) is 0 Å². The van der Waals surface area contributed by atoms with Gasteiger partial charge in [0, 0.05) is 21.5 Å². The molecule has 1 aromatic heterocycles. The van der Waals surface area contributed by atoms with Crippen LogP contribution in [0.25, 0.3) is 33.5 Å². The highest BCUT2D eigenvalue weighted by Gasteiger charge is 2.11. The highest BCUT2D eigenvalue weighted by Crippen LogP contribution is 2.30. The van der Waals surface area contributed by atoms with E-state index in [0.717, 1.165) is 33.5 Å². The Morgan fingerprint density at radius 1 is 0.750 bits per heavy atom. The van der Waals surface area contributed by atoms with Crippen molar-refractivity contribution in [2.75, 3.05) is 0 Å². The molecule has 0 fully saturated rings. The van der Waals surface area contributed by atoms with E-state index in [1.54, 1.807) is 0 Å². The average Bonchev–Trinajstić information content (AvgIpc) is 2.62. The summed E-state index contributed by atoms with van der Waals surface area (Å²) in [5.41, 5.74) is 5.08. The summed E-state index contributed by atoms with van der Waals surface area (Å²) in [5, 5.41) is 1.65. The van der Waals surface area contributed by atoms with E-state index in [-0.39, 0.29) is 0 Å². The van der Waals surface area contributed by atoms with Crippen LogP contribution in [0.1, 0.15) is 5.56 Å². The van der Waals surface area contributed by atoms with Crippen molar-refractivity contribution >= 4 is 22.5 Å². The van der Waals surface area contributed by atoms with E-state index in [0.29, 0.717) is 5.02 Å². The number of nitrogens with zero attached hydrogens (tertiary/aromatic N) is 2. The van der Waals surface area contributed by atoms with Crippen molar-refractivity contribution in [1.82, 2.24) is 9.97 Å². The first-order valence-corrected chi connectivity index (χ1v) is 8.18. The van der Waals surface area contributed by atoms with E-state index >= 15 is 0 Å². The minimum absolute atomic E-state index is 0.686. The van der Waals surface area contributed by atoms with Gasteiger partial charge in [0.2, 0.25) is 0 Å². The summed E-state index contributed by atoms with van der Waals surface area (Å²) in [5.74, 6) is 0.726. The lowest BCUT2D eigenvalue weighted by atomic mass is 10.1. The first-order valence-electron chi connectivity index (χ1n) is 7.80. The minimum atomic E-state index is 0.686. The van der Waals surface area contributed by atoms with Crippen molar-refractivity contribution in [2.45, 2.75) is 6.92 Å². The van der Waals surface area contributed by atoms with E-state index in [2.05, 4.69) is 43.3 Å². The summed E-state index contributed by atoms with van der Waals surface area (Å²) < 4.78 is 0. The number of fused-ring (bicyclic) bond motifs is 1. The number of hydrogen-bond donors (Lipinski definition) is 0. The summed E-state index contributed by atoms with van der Waals surface area (Å²) >= 11 is 6.20. The van der Waals surface area contributed by atoms with Crippen LogP contribution in [-0.2, 0) is 0 Å². The van der Waals surface area contributed by atoms with Gasteiger partial charge in [0.05, 0.1) is 11.2 Å². The first-order chi connectivity index (χ1) is 11.7. The number of halogens is 1. The summed E-state index contributed by atoms with van der Waals surface area (Å²) in [7, 11) is 0. The second-order valence-electron chi connectivity index (χ2n) is 5.79. The summed E-state index contributed by atoms with van der Waals surface area (Å²) in [6, 6.07) is 24.1. The smallest absolute Gasteiger partial charge is 0.160 e. The van der Waals surface area contributed by atoms with Gasteiger partial charge >= 0.3 is 0 Å². The molecule has 0 saturated carbocycles. The molecule has 2 nitrogen and oxygen atoms in total. The monoisotopic (exact) mass is 330 g/mol. The topological polar surface area (TPSA) is 25.8 Å². The van der Waals surface area contributed by atoms with Crippen molar-refractivity contribution in [3.63, 3.8) is 0 Å². The number of benzene rings is 3. The summed E-state index contributed by atoms with van der Waals surface area (Å²) in [4.78, 5) is 9.58. The van der Waals surface area contributed by atoms with Crippen LogP contribution in [0.4, 0.5) is 0 Å². The Bertz CT molecular complexity index is 1010. The molecule has 0 aliphatic heterocycles. The van der Waals surface area contributed by atoms with Crippen molar-refractivity contribution < 1.29 is 0 Å². The van der Waals surface area contributed by atoms with E-state index in [9.17, 15) is 0 Å². The summed E-state index contributed by atoms with van der Waals surface area (Å²) in [6.45, 7) is 2.07. The number of aryl methyl sites for hydroxylation is 1. The van der Waals surface area contributed by atoms with Gasteiger partial charge in [-0.3, -0.25) is 0 Å². The zero-order valence-corrected chi connectivity index (χ0v) is 14.0. The maximum Gasteiger partial charge on any atom is 0.160 e. The molecule has 0 aliphatic rings. The third kappa shape index (κ3) is 2.77. The molecule has 0 unspecified atom stereocenters. The van der Waals surface area contributed by atoms with E-state index in [1.165, 1.54) is 5.56 Å². The van der Waals surface area contributed by atoms with Gasteiger partial charge in [-0.2, -0.15) is 0 Å². The third-order valence-corrected chi connectivity index (χ3v) is 4.25. The van der Waals surface area contributed by atoms with E-state index < -0.39 is 0 Å². The van der Waals surface area contributed by atoms with Gasteiger partial charge in [-0.25, -0.2) is 9.97 Å². The van der Waals surface area contributed by atoms with Gasteiger partial charge in [0.15, 0.2) is 5.82 Å². The zero-order valence-electron chi connectivity index (χ0n) is 13.2. The predicted molar refractivity (Wildman–Crippen MR) is 100 cm³/mol. The highest BCUT2D eigenvalue weighted by atomic mass is 35.5. The Hall–Kier alpha value is -2.71. The lowest BCUT2D eigenvalue weighted by Gasteiger charge is -2.10. The molecule has 0 amide bonds. The van der Waals surface area contributed by atoms with E-state index in [1.807, 2.05) is 36.4 Å². The Balaban J connectivity index is 2.00. The molecule has 116 valence electrons. The molecule has 0 N–H and O–H groups in total. The number of aromatic nitrogens is 2. The molecule has 0 aliphatic carbocycles. The van der Waals surface area contributed by atoms with Crippen LogP contribution in [0.3, 0.4) is 0 Å². The highest BCUT2D eigenvalue weighted by molar-refractivity contribution is 6.31. The number of rotatable bonds is 2.